The Hall–Kier alpha value is -1.62. The standard InChI is InChI=1S/C14H23NO4/c1-6-8-12(17)9-15(11(7-2)10-16)13(18)19-14(3,4)5/h6-8,11,16H,2,9-10H2,1,3-5H3/b8-6+/t11-/m0/s1. The summed E-state index contributed by atoms with van der Waals surface area (Å²) in [5, 5.41) is 9.24. The van der Waals surface area contributed by atoms with Gasteiger partial charge in [-0.2, -0.15) is 0 Å². The van der Waals surface area contributed by atoms with E-state index in [0.717, 1.165) is 0 Å². The Morgan fingerprint density at radius 2 is 2.00 bits per heavy atom. The molecular weight excluding hydrogens is 246 g/mol. The van der Waals surface area contributed by atoms with Gasteiger partial charge in [-0.05, 0) is 33.8 Å². The zero-order valence-electron chi connectivity index (χ0n) is 12.0. The number of hydrogen-bond donors (Lipinski definition) is 1. The third-order valence-corrected chi connectivity index (χ3v) is 2.17. The van der Waals surface area contributed by atoms with Gasteiger partial charge in [0.1, 0.15) is 5.60 Å². The molecule has 5 nitrogen and oxygen atoms in total. The lowest BCUT2D eigenvalue weighted by atomic mass is 10.2. The zero-order valence-corrected chi connectivity index (χ0v) is 12.0. The van der Waals surface area contributed by atoms with Crippen LogP contribution in [0.15, 0.2) is 24.8 Å². The van der Waals surface area contributed by atoms with Gasteiger partial charge in [0.15, 0.2) is 5.78 Å². The van der Waals surface area contributed by atoms with Crippen molar-refractivity contribution in [3.05, 3.63) is 24.8 Å². The minimum Gasteiger partial charge on any atom is -0.444 e. The number of carbonyl (C=O) groups is 2. The second-order valence-electron chi connectivity index (χ2n) is 5.06. The van der Waals surface area contributed by atoms with Crippen molar-refractivity contribution in [2.75, 3.05) is 13.2 Å². The number of ketones is 1. The van der Waals surface area contributed by atoms with Crippen molar-refractivity contribution in [2.24, 2.45) is 0 Å². The highest BCUT2D eigenvalue weighted by Crippen LogP contribution is 2.12. The molecule has 0 rings (SSSR count). The van der Waals surface area contributed by atoms with E-state index in [4.69, 9.17) is 4.74 Å². The summed E-state index contributed by atoms with van der Waals surface area (Å²) >= 11 is 0. The van der Waals surface area contributed by atoms with Crippen LogP contribution in [0.2, 0.25) is 0 Å². The van der Waals surface area contributed by atoms with Crippen LogP contribution < -0.4 is 0 Å². The molecule has 5 heteroatoms. The maximum Gasteiger partial charge on any atom is 0.411 e. The second kappa shape index (κ2) is 7.74. The van der Waals surface area contributed by atoms with E-state index in [1.807, 2.05) is 0 Å². The number of amides is 1. The van der Waals surface area contributed by atoms with Gasteiger partial charge in [0.2, 0.25) is 0 Å². The van der Waals surface area contributed by atoms with E-state index in [1.54, 1.807) is 33.8 Å². The molecule has 1 atom stereocenters. The summed E-state index contributed by atoms with van der Waals surface area (Å²) < 4.78 is 5.22. The summed E-state index contributed by atoms with van der Waals surface area (Å²) in [4.78, 5) is 24.8. The summed E-state index contributed by atoms with van der Waals surface area (Å²) in [7, 11) is 0. The van der Waals surface area contributed by atoms with Crippen molar-refractivity contribution in [3.8, 4) is 0 Å². The predicted molar refractivity (Wildman–Crippen MR) is 73.8 cm³/mol. The normalized spacial score (nSPS) is 13.1. The molecule has 1 amide bonds. The maximum atomic E-state index is 12.0. The highest BCUT2D eigenvalue weighted by atomic mass is 16.6. The molecule has 0 unspecified atom stereocenters. The molecule has 108 valence electrons. The van der Waals surface area contributed by atoms with Crippen LogP contribution in [0, 0.1) is 0 Å². The van der Waals surface area contributed by atoms with E-state index in [0.29, 0.717) is 0 Å². The average Bonchev–Trinajstić information content (AvgIpc) is 2.27. The van der Waals surface area contributed by atoms with Crippen LogP contribution in [0.5, 0.6) is 0 Å². The molecule has 1 N–H and O–H groups in total. The van der Waals surface area contributed by atoms with Gasteiger partial charge in [-0.1, -0.05) is 12.2 Å². The highest BCUT2D eigenvalue weighted by Gasteiger charge is 2.27. The van der Waals surface area contributed by atoms with E-state index in [9.17, 15) is 14.7 Å². The third-order valence-electron chi connectivity index (χ3n) is 2.17. The van der Waals surface area contributed by atoms with Crippen molar-refractivity contribution < 1.29 is 19.4 Å². The van der Waals surface area contributed by atoms with Crippen molar-refractivity contribution >= 4 is 11.9 Å². The molecule has 19 heavy (non-hydrogen) atoms. The lowest BCUT2D eigenvalue weighted by molar-refractivity contribution is -0.116. The van der Waals surface area contributed by atoms with Crippen molar-refractivity contribution in [1.82, 2.24) is 4.90 Å². The Morgan fingerprint density at radius 1 is 1.42 bits per heavy atom. The van der Waals surface area contributed by atoms with Gasteiger partial charge < -0.3 is 9.84 Å². The summed E-state index contributed by atoms with van der Waals surface area (Å²) in [6, 6.07) is -0.649. The number of rotatable bonds is 6. The predicted octanol–water partition coefficient (Wildman–Crippen LogP) is 1.92. The smallest absolute Gasteiger partial charge is 0.411 e. The first-order valence-electron chi connectivity index (χ1n) is 6.13. The van der Waals surface area contributed by atoms with Gasteiger partial charge in [-0.25, -0.2) is 4.79 Å². The fourth-order valence-corrected chi connectivity index (χ4v) is 1.34. The molecular formula is C14H23NO4. The molecule has 0 radical (unpaired) electrons. The van der Waals surface area contributed by atoms with E-state index in [-0.39, 0.29) is 18.9 Å². The molecule has 0 spiro atoms. The fourth-order valence-electron chi connectivity index (χ4n) is 1.34. The first-order valence-corrected chi connectivity index (χ1v) is 6.13. The summed E-state index contributed by atoms with van der Waals surface area (Å²) in [6.07, 6.45) is 3.73. The number of nitrogens with zero attached hydrogens (tertiary/aromatic N) is 1. The van der Waals surface area contributed by atoms with Crippen LogP contribution in [0.1, 0.15) is 27.7 Å². The van der Waals surface area contributed by atoms with Gasteiger partial charge >= 0.3 is 6.09 Å². The Kier molecular flexibility index (Phi) is 7.08. The molecule has 0 fully saturated rings. The maximum absolute atomic E-state index is 12.0. The SMILES string of the molecule is C=C[C@@H](CO)N(CC(=O)/C=C/C)C(=O)OC(C)(C)C. The molecule has 0 aliphatic heterocycles. The van der Waals surface area contributed by atoms with Crippen molar-refractivity contribution in [3.63, 3.8) is 0 Å². The number of carbonyl (C=O) groups excluding carboxylic acids is 2. The summed E-state index contributed by atoms with van der Waals surface area (Å²) in [5.41, 5.74) is -0.667. The van der Waals surface area contributed by atoms with E-state index >= 15 is 0 Å². The molecule has 0 aromatic heterocycles. The molecule has 0 bridgehead atoms. The first-order chi connectivity index (χ1) is 8.75. The minimum atomic E-state index is -0.667. The third kappa shape index (κ3) is 6.76. The first kappa shape index (κ1) is 17.4. The zero-order chi connectivity index (χ0) is 15.1. The minimum absolute atomic E-state index is 0.156. The van der Waals surface area contributed by atoms with Crippen LogP contribution >= 0.6 is 0 Å². The molecule has 0 saturated heterocycles. The van der Waals surface area contributed by atoms with Gasteiger partial charge in [-0.3, -0.25) is 9.69 Å². The van der Waals surface area contributed by atoms with Crippen LogP contribution in [-0.4, -0.2) is 46.7 Å². The molecule has 0 aliphatic rings. The molecule has 0 aromatic carbocycles. The average molecular weight is 269 g/mol. The van der Waals surface area contributed by atoms with Gasteiger partial charge in [0, 0.05) is 0 Å². The molecule has 0 aromatic rings. The molecule has 0 aliphatic carbocycles. The molecule has 0 saturated carbocycles. The van der Waals surface area contributed by atoms with Crippen LogP contribution in [0.3, 0.4) is 0 Å². The largest absolute Gasteiger partial charge is 0.444 e. The molecule has 0 heterocycles. The monoisotopic (exact) mass is 269 g/mol. The van der Waals surface area contributed by atoms with Crippen molar-refractivity contribution in [2.45, 2.75) is 39.3 Å². The number of aliphatic hydroxyl groups excluding tert-OH is 1. The number of aliphatic hydroxyl groups is 1. The van der Waals surface area contributed by atoms with E-state index < -0.39 is 17.7 Å². The quantitative estimate of drug-likeness (QED) is 0.591. The van der Waals surface area contributed by atoms with Gasteiger partial charge in [0.25, 0.3) is 0 Å². The number of hydrogen-bond acceptors (Lipinski definition) is 4. The second-order valence-corrected chi connectivity index (χ2v) is 5.06. The summed E-state index contributed by atoms with van der Waals surface area (Å²) in [5.74, 6) is -0.242. The highest BCUT2D eigenvalue weighted by molar-refractivity contribution is 5.93. The fraction of sp³-hybridized carbons (Fsp3) is 0.571. The lowest BCUT2D eigenvalue weighted by Crippen LogP contribution is -2.46. The Bertz CT molecular complexity index is 355. The van der Waals surface area contributed by atoms with Gasteiger partial charge in [-0.15, -0.1) is 6.58 Å². The Labute approximate surface area is 114 Å². The summed E-state index contributed by atoms with van der Waals surface area (Å²) in [6.45, 7) is 10.00. The van der Waals surface area contributed by atoms with E-state index in [1.165, 1.54) is 17.1 Å². The van der Waals surface area contributed by atoms with Crippen molar-refractivity contribution in [1.29, 1.82) is 0 Å². The van der Waals surface area contributed by atoms with Crippen LogP contribution in [0.25, 0.3) is 0 Å². The van der Waals surface area contributed by atoms with Crippen LogP contribution in [-0.2, 0) is 9.53 Å². The Morgan fingerprint density at radius 3 is 2.37 bits per heavy atom. The van der Waals surface area contributed by atoms with Gasteiger partial charge in [0.05, 0.1) is 19.2 Å². The topological polar surface area (TPSA) is 66.8 Å². The lowest BCUT2D eigenvalue weighted by Gasteiger charge is -2.30. The Balaban J connectivity index is 5.00. The van der Waals surface area contributed by atoms with E-state index in [2.05, 4.69) is 6.58 Å². The number of allylic oxidation sites excluding steroid dienone is 1. The van der Waals surface area contributed by atoms with Crippen LogP contribution in [0.4, 0.5) is 4.79 Å². The number of ether oxygens (including phenoxy) is 1.